The molecule has 2 rings (SSSR count). The molecule has 13 heavy (non-hydrogen) atoms. The van der Waals surface area contributed by atoms with E-state index in [9.17, 15) is 0 Å². The SMILES string of the molecule is C1=CC(CNc2ccccc2)C=C1. The Bertz CT molecular complexity index is 299. The van der Waals surface area contributed by atoms with Crippen LogP contribution < -0.4 is 5.32 Å². The zero-order valence-corrected chi connectivity index (χ0v) is 7.48. The summed E-state index contributed by atoms with van der Waals surface area (Å²) in [6.07, 6.45) is 8.60. The van der Waals surface area contributed by atoms with Gasteiger partial charge in [0.2, 0.25) is 0 Å². The third kappa shape index (κ3) is 2.22. The molecule has 0 fully saturated rings. The van der Waals surface area contributed by atoms with Crippen molar-refractivity contribution >= 4 is 5.69 Å². The number of hydrogen-bond donors (Lipinski definition) is 1. The van der Waals surface area contributed by atoms with Crippen molar-refractivity contribution in [2.24, 2.45) is 5.92 Å². The van der Waals surface area contributed by atoms with E-state index in [1.807, 2.05) is 18.2 Å². The molecule has 0 saturated carbocycles. The molecule has 66 valence electrons. The molecule has 0 atom stereocenters. The van der Waals surface area contributed by atoms with Crippen molar-refractivity contribution in [3.8, 4) is 0 Å². The van der Waals surface area contributed by atoms with Gasteiger partial charge in [0.25, 0.3) is 0 Å². The van der Waals surface area contributed by atoms with Gasteiger partial charge < -0.3 is 5.32 Å². The average molecular weight is 171 g/mol. The molecule has 0 aliphatic heterocycles. The highest BCUT2D eigenvalue weighted by Gasteiger charge is 2.01. The van der Waals surface area contributed by atoms with E-state index in [1.54, 1.807) is 0 Å². The average Bonchev–Trinajstić information content (AvgIpc) is 2.69. The summed E-state index contributed by atoms with van der Waals surface area (Å²) in [6, 6.07) is 10.3. The van der Waals surface area contributed by atoms with Crippen molar-refractivity contribution in [3.63, 3.8) is 0 Å². The van der Waals surface area contributed by atoms with Crippen LogP contribution in [-0.4, -0.2) is 6.54 Å². The fourth-order valence-corrected chi connectivity index (χ4v) is 1.41. The summed E-state index contributed by atoms with van der Waals surface area (Å²) in [5.41, 5.74) is 1.19. The molecule has 1 heteroatoms. The smallest absolute Gasteiger partial charge is 0.0340 e. The number of anilines is 1. The van der Waals surface area contributed by atoms with Crippen molar-refractivity contribution in [2.75, 3.05) is 11.9 Å². The molecule has 0 spiro atoms. The molecule has 0 heterocycles. The maximum Gasteiger partial charge on any atom is 0.0340 e. The van der Waals surface area contributed by atoms with Gasteiger partial charge in [-0.15, -0.1) is 0 Å². The highest BCUT2D eigenvalue weighted by molar-refractivity contribution is 5.43. The number of rotatable bonds is 3. The van der Waals surface area contributed by atoms with Crippen molar-refractivity contribution in [3.05, 3.63) is 54.6 Å². The van der Waals surface area contributed by atoms with Crippen LogP contribution in [0.1, 0.15) is 0 Å². The maximum atomic E-state index is 3.38. The summed E-state index contributed by atoms with van der Waals surface area (Å²) >= 11 is 0. The zero-order chi connectivity index (χ0) is 8.93. The monoisotopic (exact) mass is 171 g/mol. The minimum absolute atomic E-state index is 0.556. The summed E-state index contributed by atoms with van der Waals surface area (Å²) in [4.78, 5) is 0. The van der Waals surface area contributed by atoms with Gasteiger partial charge in [0, 0.05) is 18.2 Å². The van der Waals surface area contributed by atoms with Crippen LogP contribution in [0, 0.1) is 5.92 Å². The third-order valence-electron chi connectivity index (χ3n) is 2.14. The lowest BCUT2D eigenvalue weighted by atomic mass is 10.2. The molecule has 1 aliphatic carbocycles. The molecule has 1 aliphatic rings. The van der Waals surface area contributed by atoms with Crippen LogP contribution in [0.15, 0.2) is 54.6 Å². The number of hydrogen-bond acceptors (Lipinski definition) is 1. The zero-order valence-electron chi connectivity index (χ0n) is 7.48. The molecule has 0 radical (unpaired) electrons. The molecule has 0 bridgehead atoms. The van der Waals surface area contributed by atoms with Crippen LogP contribution in [0.25, 0.3) is 0 Å². The van der Waals surface area contributed by atoms with E-state index in [2.05, 4.69) is 41.8 Å². The highest BCUT2D eigenvalue weighted by Crippen LogP contribution is 2.11. The summed E-state index contributed by atoms with van der Waals surface area (Å²) in [7, 11) is 0. The molecule has 0 aromatic heterocycles. The predicted octanol–water partition coefficient (Wildman–Crippen LogP) is 2.84. The van der Waals surface area contributed by atoms with Crippen LogP contribution in [0.3, 0.4) is 0 Å². The Morgan fingerprint density at radius 1 is 1.00 bits per heavy atom. The molecular weight excluding hydrogens is 158 g/mol. The molecule has 1 aromatic rings. The predicted molar refractivity (Wildman–Crippen MR) is 56.7 cm³/mol. The Hall–Kier alpha value is -1.50. The molecular formula is C12H13N. The van der Waals surface area contributed by atoms with Crippen molar-refractivity contribution in [1.29, 1.82) is 0 Å². The number of allylic oxidation sites excluding steroid dienone is 2. The van der Waals surface area contributed by atoms with Gasteiger partial charge in [0.05, 0.1) is 0 Å². The molecule has 0 unspecified atom stereocenters. The first-order chi connectivity index (χ1) is 6.45. The van der Waals surface area contributed by atoms with E-state index in [0.29, 0.717) is 5.92 Å². The van der Waals surface area contributed by atoms with Crippen LogP contribution >= 0.6 is 0 Å². The Kier molecular flexibility index (Phi) is 2.46. The largest absolute Gasteiger partial charge is 0.384 e. The minimum atomic E-state index is 0.556. The van der Waals surface area contributed by atoms with Gasteiger partial charge in [-0.1, -0.05) is 42.5 Å². The van der Waals surface area contributed by atoms with E-state index >= 15 is 0 Å². The molecule has 0 saturated heterocycles. The maximum absolute atomic E-state index is 3.38. The van der Waals surface area contributed by atoms with E-state index in [0.717, 1.165) is 6.54 Å². The van der Waals surface area contributed by atoms with Crippen LogP contribution in [-0.2, 0) is 0 Å². The van der Waals surface area contributed by atoms with E-state index in [1.165, 1.54) is 5.69 Å². The Morgan fingerprint density at radius 3 is 2.38 bits per heavy atom. The number of benzene rings is 1. The first kappa shape index (κ1) is 8.11. The molecule has 0 amide bonds. The third-order valence-corrected chi connectivity index (χ3v) is 2.14. The summed E-state index contributed by atoms with van der Waals surface area (Å²) in [5.74, 6) is 0.556. The van der Waals surface area contributed by atoms with Gasteiger partial charge in [-0.3, -0.25) is 0 Å². The quantitative estimate of drug-likeness (QED) is 0.737. The Morgan fingerprint density at radius 2 is 1.69 bits per heavy atom. The van der Waals surface area contributed by atoms with E-state index in [-0.39, 0.29) is 0 Å². The first-order valence-corrected chi connectivity index (χ1v) is 4.59. The van der Waals surface area contributed by atoms with E-state index in [4.69, 9.17) is 0 Å². The van der Waals surface area contributed by atoms with Gasteiger partial charge in [0.15, 0.2) is 0 Å². The molecule has 1 aromatic carbocycles. The van der Waals surface area contributed by atoms with Crippen LogP contribution in [0.2, 0.25) is 0 Å². The topological polar surface area (TPSA) is 12.0 Å². The highest BCUT2D eigenvalue weighted by atomic mass is 14.9. The van der Waals surface area contributed by atoms with Gasteiger partial charge in [-0.25, -0.2) is 0 Å². The second-order valence-corrected chi connectivity index (χ2v) is 3.18. The lowest BCUT2D eigenvalue weighted by Gasteiger charge is -2.08. The van der Waals surface area contributed by atoms with Crippen molar-refractivity contribution in [2.45, 2.75) is 0 Å². The van der Waals surface area contributed by atoms with Crippen LogP contribution in [0.4, 0.5) is 5.69 Å². The van der Waals surface area contributed by atoms with Gasteiger partial charge >= 0.3 is 0 Å². The number of nitrogens with one attached hydrogen (secondary N) is 1. The normalized spacial score (nSPS) is 15.1. The summed E-state index contributed by atoms with van der Waals surface area (Å²) in [6.45, 7) is 0.983. The van der Waals surface area contributed by atoms with Gasteiger partial charge in [0.1, 0.15) is 0 Å². The van der Waals surface area contributed by atoms with E-state index < -0.39 is 0 Å². The lowest BCUT2D eigenvalue weighted by Crippen LogP contribution is -2.08. The fourth-order valence-electron chi connectivity index (χ4n) is 1.41. The standard InChI is InChI=1S/C12H13N/c1-2-8-12(9-3-1)13-10-11-6-4-5-7-11/h1-9,11,13H,10H2. The molecule has 1 nitrogen and oxygen atoms in total. The first-order valence-electron chi connectivity index (χ1n) is 4.59. The minimum Gasteiger partial charge on any atom is -0.384 e. The van der Waals surface area contributed by atoms with Crippen molar-refractivity contribution < 1.29 is 0 Å². The van der Waals surface area contributed by atoms with Crippen LogP contribution in [0.5, 0.6) is 0 Å². The lowest BCUT2D eigenvalue weighted by molar-refractivity contribution is 0.871. The van der Waals surface area contributed by atoms with Gasteiger partial charge in [-0.05, 0) is 12.1 Å². The second kappa shape index (κ2) is 3.94. The molecule has 1 N–H and O–H groups in total. The van der Waals surface area contributed by atoms with Crippen molar-refractivity contribution in [1.82, 2.24) is 0 Å². The Labute approximate surface area is 78.8 Å². The Balaban J connectivity index is 1.86. The summed E-state index contributed by atoms with van der Waals surface area (Å²) in [5, 5.41) is 3.38. The summed E-state index contributed by atoms with van der Waals surface area (Å²) < 4.78 is 0. The van der Waals surface area contributed by atoms with Gasteiger partial charge in [-0.2, -0.15) is 0 Å². The number of para-hydroxylation sites is 1. The second-order valence-electron chi connectivity index (χ2n) is 3.18. The fraction of sp³-hybridized carbons (Fsp3) is 0.167.